The SMILES string of the molecule is CCOP(=O)(CC)OCN1CCC(N)CC1. The van der Waals surface area contributed by atoms with E-state index in [0.29, 0.717) is 25.5 Å². The molecule has 2 N–H and O–H groups in total. The van der Waals surface area contributed by atoms with E-state index in [2.05, 4.69) is 4.90 Å². The fourth-order valence-electron chi connectivity index (χ4n) is 1.67. The van der Waals surface area contributed by atoms with E-state index >= 15 is 0 Å². The number of hydrogen-bond donors (Lipinski definition) is 1. The Morgan fingerprint density at radius 3 is 2.44 bits per heavy atom. The molecule has 1 aliphatic rings. The van der Waals surface area contributed by atoms with Gasteiger partial charge in [0.15, 0.2) is 0 Å². The molecule has 6 heteroatoms. The van der Waals surface area contributed by atoms with Crippen LogP contribution in [0.5, 0.6) is 0 Å². The van der Waals surface area contributed by atoms with Crippen LogP contribution in [0.1, 0.15) is 26.7 Å². The molecule has 96 valence electrons. The van der Waals surface area contributed by atoms with E-state index in [1.54, 1.807) is 0 Å². The molecule has 1 atom stereocenters. The second-order valence-corrected chi connectivity index (χ2v) is 6.43. The molecular weight excluding hydrogens is 227 g/mol. The van der Waals surface area contributed by atoms with E-state index in [9.17, 15) is 4.57 Å². The number of nitrogens with two attached hydrogens (primary N) is 1. The summed E-state index contributed by atoms with van der Waals surface area (Å²) in [6.07, 6.45) is 2.39. The van der Waals surface area contributed by atoms with Gasteiger partial charge in [0.2, 0.25) is 0 Å². The van der Waals surface area contributed by atoms with E-state index in [4.69, 9.17) is 14.8 Å². The molecule has 1 saturated heterocycles. The lowest BCUT2D eigenvalue weighted by Crippen LogP contribution is -2.40. The van der Waals surface area contributed by atoms with Crippen molar-refractivity contribution in [1.29, 1.82) is 0 Å². The average Bonchev–Trinajstić information content (AvgIpc) is 2.29. The Bertz CT molecular complexity index is 242. The maximum absolute atomic E-state index is 12.0. The largest absolute Gasteiger partial charge is 0.331 e. The molecule has 1 fully saturated rings. The van der Waals surface area contributed by atoms with E-state index < -0.39 is 7.60 Å². The highest BCUT2D eigenvalue weighted by Crippen LogP contribution is 2.47. The summed E-state index contributed by atoms with van der Waals surface area (Å²) < 4.78 is 22.6. The Morgan fingerprint density at radius 1 is 1.31 bits per heavy atom. The molecule has 0 saturated carbocycles. The van der Waals surface area contributed by atoms with Gasteiger partial charge in [0.25, 0.3) is 0 Å². The zero-order chi connectivity index (χ0) is 12.0. The predicted molar refractivity (Wildman–Crippen MR) is 64.5 cm³/mol. The summed E-state index contributed by atoms with van der Waals surface area (Å²) in [5, 5.41) is 0. The fraction of sp³-hybridized carbons (Fsp3) is 1.00. The molecule has 1 unspecified atom stereocenters. The van der Waals surface area contributed by atoms with Crippen LogP contribution in [0.15, 0.2) is 0 Å². The number of nitrogens with zero attached hydrogens (tertiary/aromatic N) is 1. The lowest BCUT2D eigenvalue weighted by Gasteiger charge is -2.30. The van der Waals surface area contributed by atoms with E-state index in [0.717, 1.165) is 25.9 Å². The first-order valence-corrected chi connectivity index (χ1v) is 7.68. The molecule has 0 amide bonds. The first kappa shape index (κ1) is 14.1. The molecule has 0 radical (unpaired) electrons. The molecule has 1 aliphatic heterocycles. The highest BCUT2D eigenvalue weighted by atomic mass is 31.2. The molecule has 16 heavy (non-hydrogen) atoms. The van der Waals surface area contributed by atoms with Gasteiger partial charge in [0.1, 0.15) is 6.73 Å². The van der Waals surface area contributed by atoms with Gasteiger partial charge in [-0.3, -0.25) is 14.0 Å². The topological polar surface area (TPSA) is 64.8 Å². The van der Waals surface area contributed by atoms with Gasteiger partial charge in [-0.05, 0) is 19.8 Å². The van der Waals surface area contributed by atoms with Crippen LogP contribution >= 0.6 is 7.60 Å². The first-order valence-electron chi connectivity index (χ1n) is 5.95. The minimum Gasteiger partial charge on any atom is -0.328 e. The molecule has 0 aliphatic carbocycles. The van der Waals surface area contributed by atoms with E-state index in [-0.39, 0.29) is 0 Å². The summed E-state index contributed by atoms with van der Waals surface area (Å²) in [7, 11) is -2.86. The third kappa shape index (κ3) is 4.52. The summed E-state index contributed by atoms with van der Waals surface area (Å²) in [6.45, 7) is 6.29. The van der Waals surface area contributed by atoms with Gasteiger partial charge in [-0.1, -0.05) is 6.92 Å². The summed E-state index contributed by atoms with van der Waals surface area (Å²) >= 11 is 0. The number of likely N-dealkylation sites (tertiary alicyclic amines) is 1. The summed E-state index contributed by atoms with van der Waals surface area (Å²) in [5.41, 5.74) is 5.81. The van der Waals surface area contributed by atoms with E-state index in [1.807, 2.05) is 13.8 Å². The second kappa shape index (κ2) is 6.72. The van der Waals surface area contributed by atoms with Crippen LogP contribution in [0.2, 0.25) is 0 Å². The molecule has 0 aromatic carbocycles. The van der Waals surface area contributed by atoms with Crippen molar-refractivity contribution >= 4 is 7.60 Å². The maximum atomic E-state index is 12.0. The maximum Gasteiger partial charge on any atom is 0.331 e. The van der Waals surface area contributed by atoms with Crippen LogP contribution in [0.4, 0.5) is 0 Å². The Kier molecular flexibility index (Phi) is 5.94. The van der Waals surface area contributed by atoms with E-state index in [1.165, 1.54) is 0 Å². The normalized spacial score (nSPS) is 23.2. The molecule has 0 spiro atoms. The third-order valence-corrected chi connectivity index (χ3v) is 4.72. The van der Waals surface area contributed by atoms with Gasteiger partial charge in [0.05, 0.1) is 6.61 Å². The standard InChI is InChI=1S/C10H23N2O3P/c1-3-14-16(13,4-2)15-9-12-7-5-10(11)6-8-12/h10H,3-9,11H2,1-2H3. The van der Waals surface area contributed by atoms with Crippen LogP contribution in [-0.4, -0.2) is 43.5 Å². The number of piperidine rings is 1. The fourth-order valence-corrected chi connectivity index (χ4v) is 2.84. The Labute approximate surface area is 97.8 Å². The second-order valence-electron chi connectivity index (χ2n) is 4.06. The van der Waals surface area contributed by atoms with Gasteiger partial charge in [-0.15, -0.1) is 0 Å². The zero-order valence-electron chi connectivity index (χ0n) is 10.2. The number of rotatable bonds is 6. The third-order valence-electron chi connectivity index (χ3n) is 2.78. The van der Waals surface area contributed by atoms with Crippen molar-refractivity contribution in [3.05, 3.63) is 0 Å². The highest BCUT2D eigenvalue weighted by Gasteiger charge is 2.24. The smallest absolute Gasteiger partial charge is 0.328 e. The summed E-state index contributed by atoms with van der Waals surface area (Å²) in [4.78, 5) is 2.13. The first-order chi connectivity index (χ1) is 7.59. The van der Waals surface area contributed by atoms with Gasteiger partial charge >= 0.3 is 7.60 Å². The molecule has 1 rings (SSSR count). The highest BCUT2D eigenvalue weighted by molar-refractivity contribution is 7.53. The lowest BCUT2D eigenvalue weighted by atomic mass is 10.1. The van der Waals surface area contributed by atoms with Gasteiger partial charge in [-0.2, -0.15) is 0 Å². The van der Waals surface area contributed by atoms with Crippen molar-refractivity contribution in [1.82, 2.24) is 4.90 Å². The van der Waals surface area contributed by atoms with Crippen molar-refractivity contribution in [2.45, 2.75) is 32.7 Å². The quantitative estimate of drug-likeness (QED) is 0.726. The Hall–Kier alpha value is 0.0700. The summed E-state index contributed by atoms with van der Waals surface area (Å²) in [6, 6.07) is 0.307. The Balaban J connectivity index is 2.30. The summed E-state index contributed by atoms with van der Waals surface area (Å²) in [5.74, 6) is 0. The van der Waals surface area contributed by atoms with Gasteiger partial charge < -0.3 is 10.3 Å². The minimum atomic E-state index is -2.86. The molecule has 5 nitrogen and oxygen atoms in total. The molecule has 0 bridgehead atoms. The van der Waals surface area contributed by atoms with Gasteiger partial charge in [-0.25, -0.2) is 0 Å². The number of hydrogen-bond acceptors (Lipinski definition) is 5. The molecule has 0 aromatic heterocycles. The average molecular weight is 250 g/mol. The van der Waals surface area contributed by atoms with Crippen LogP contribution in [0.3, 0.4) is 0 Å². The minimum absolute atomic E-state index is 0.307. The van der Waals surface area contributed by atoms with Crippen molar-refractivity contribution < 1.29 is 13.6 Å². The van der Waals surface area contributed by atoms with Crippen molar-refractivity contribution in [3.8, 4) is 0 Å². The van der Waals surface area contributed by atoms with Crippen LogP contribution in [-0.2, 0) is 13.6 Å². The van der Waals surface area contributed by atoms with Crippen molar-refractivity contribution in [2.24, 2.45) is 5.73 Å². The van der Waals surface area contributed by atoms with Gasteiger partial charge in [0, 0.05) is 25.3 Å². The van der Waals surface area contributed by atoms with Crippen molar-refractivity contribution in [2.75, 3.05) is 32.6 Å². The lowest BCUT2D eigenvalue weighted by molar-refractivity contribution is 0.0837. The predicted octanol–water partition coefficient (Wildman–Crippen LogP) is 1.63. The molecule has 0 aromatic rings. The Morgan fingerprint density at radius 2 is 1.94 bits per heavy atom. The molecule has 1 heterocycles. The van der Waals surface area contributed by atoms with Crippen LogP contribution in [0, 0.1) is 0 Å². The molecular formula is C10H23N2O3P. The van der Waals surface area contributed by atoms with Crippen LogP contribution in [0.25, 0.3) is 0 Å². The zero-order valence-corrected chi connectivity index (χ0v) is 11.1. The monoisotopic (exact) mass is 250 g/mol. The van der Waals surface area contributed by atoms with Crippen LogP contribution < -0.4 is 5.73 Å². The van der Waals surface area contributed by atoms with Crippen molar-refractivity contribution in [3.63, 3.8) is 0 Å².